The predicted molar refractivity (Wildman–Crippen MR) is 103 cm³/mol. The first-order valence-corrected chi connectivity index (χ1v) is 8.81. The van der Waals surface area contributed by atoms with E-state index in [9.17, 15) is 9.59 Å². The van der Waals surface area contributed by atoms with Crippen LogP contribution >= 0.6 is 34.8 Å². The molecule has 6 nitrogen and oxygen atoms in total. The van der Waals surface area contributed by atoms with E-state index in [1.54, 1.807) is 23.1 Å². The largest absolute Gasteiger partial charge is 0.359 e. The van der Waals surface area contributed by atoms with E-state index in [0.717, 1.165) is 10.3 Å². The van der Waals surface area contributed by atoms with E-state index < -0.39 is 11.4 Å². The summed E-state index contributed by atoms with van der Waals surface area (Å²) in [6, 6.07) is 11.7. The number of fused-ring (bicyclic) bond motifs is 1. The third-order valence-electron chi connectivity index (χ3n) is 4.14. The molecule has 0 saturated carbocycles. The smallest absolute Gasteiger partial charge is 0.310 e. The highest BCUT2D eigenvalue weighted by atomic mass is 35.5. The molecule has 0 N–H and O–H groups in total. The van der Waals surface area contributed by atoms with E-state index in [2.05, 4.69) is 4.98 Å². The molecule has 132 valence electrons. The molecule has 0 fully saturated rings. The van der Waals surface area contributed by atoms with Gasteiger partial charge in [-0.15, -0.1) is 0 Å². The zero-order valence-corrected chi connectivity index (χ0v) is 15.5. The third-order valence-corrected chi connectivity index (χ3v) is 5.13. The normalized spacial score (nSPS) is 13.1. The van der Waals surface area contributed by atoms with Crippen molar-refractivity contribution in [2.24, 2.45) is 0 Å². The van der Waals surface area contributed by atoms with Crippen molar-refractivity contribution in [2.45, 2.75) is 6.54 Å². The number of benzene rings is 2. The molecule has 0 aliphatic carbocycles. The van der Waals surface area contributed by atoms with Crippen LogP contribution in [-0.4, -0.2) is 20.7 Å². The van der Waals surface area contributed by atoms with Gasteiger partial charge in [-0.1, -0.05) is 34.8 Å². The summed E-state index contributed by atoms with van der Waals surface area (Å²) < 4.78 is 2.44. The van der Waals surface area contributed by atoms with Gasteiger partial charge < -0.3 is 4.90 Å². The number of halogens is 3. The fourth-order valence-corrected chi connectivity index (χ4v) is 3.31. The molecule has 0 saturated heterocycles. The molecular weight excluding hydrogens is 399 g/mol. The van der Waals surface area contributed by atoms with Crippen LogP contribution in [0.15, 0.2) is 52.1 Å². The Hall–Kier alpha value is -2.28. The quantitative estimate of drug-likeness (QED) is 0.650. The Kier molecular flexibility index (Phi) is 4.26. The predicted octanol–water partition coefficient (Wildman–Crippen LogP) is 3.51. The maximum atomic E-state index is 12.9. The van der Waals surface area contributed by atoms with Crippen molar-refractivity contribution in [1.82, 2.24) is 14.1 Å². The SMILES string of the molecule is O=c1nc2n(c(=O)n1-c1ccc(Cl)c(Cl)c1)CCN2c1ccc(Cl)cc1. The molecule has 0 spiro atoms. The van der Waals surface area contributed by atoms with E-state index in [1.165, 1.54) is 16.7 Å². The molecule has 1 aliphatic heterocycles. The second kappa shape index (κ2) is 6.46. The van der Waals surface area contributed by atoms with Crippen molar-refractivity contribution in [3.8, 4) is 5.69 Å². The first-order chi connectivity index (χ1) is 12.5. The van der Waals surface area contributed by atoms with Crippen LogP contribution < -0.4 is 16.3 Å². The van der Waals surface area contributed by atoms with Crippen LogP contribution in [0.2, 0.25) is 15.1 Å². The number of anilines is 2. The van der Waals surface area contributed by atoms with Gasteiger partial charge in [0.25, 0.3) is 0 Å². The molecule has 0 atom stereocenters. The summed E-state index contributed by atoms with van der Waals surface area (Å²) in [4.78, 5) is 31.3. The van der Waals surface area contributed by atoms with Crippen molar-refractivity contribution in [3.05, 3.63) is 78.5 Å². The average Bonchev–Trinajstić information content (AvgIpc) is 3.03. The highest BCUT2D eigenvalue weighted by molar-refractivity contribution is 6.42. The number of rotatable bonds is 2. The van der Waals surface area contributed by atoms with Gasteiger partial charge >= 0.3 is 11.4 Å². The summed E-state index contributed by atoms with van der Waals surface area (Å²) in [7, 11) is 0. The lowest BCUT2D eigenvalue weighted by atomic mass is 10.3. The van der Waals surface area contributed by atoms with E-state index in [0.29, 0.717) is 34.8 Å². The Bertz CT molecular complexity index is 1120. The Morgan fingerprint density at radius 3 is 2.23 bits per heavy atom. The van der Waals surface area contributed by atoms with Gasteiger partial charge in [0, 0.05) is 23.8 Å². The molecule has 26 heavy (non-hydrogen) atoms. The Morgan fingerprint density at radius 1 is 0.846 bits per heavy atom. The molecule has 0 radical (unpaired) electrons. The molecule has 9 heteroatoms. The van der Waals surface area contributed by atoms with Crippen LogP contribution in [-0.2, 0) is 6.54 Å². The monoisotopic (exact) mass is 408 g/mol. The number of nitrogens with zero attached hydrogens (tertiary/aromatic N) is 4. The topological polar surface area (TPSA) is 60.1 Å². The lowest BCUT2D eigenvalue weighted by molar-refractivity contribution is 0.672. The first kappa shape index (κ1) is 17.1. The Morgan fingerprint density at radius 2 is 1.54 bits per heavy atom. The fourth-order valence-electron chi connectivity index (χ4n) is 2.90. The summed E-state index contributed by atoms with van der Waals surface area (Å²) in [5.41, 5.74) is -0.0308. The van der Waals surface area contributed by atoms with Gasteiger partial charge in [0.15, 0.2) is 0 Å². The number of hydrogen-bond acceptors (Lipinski definition) is 4. The molecule has 2 heterocycles. The second-order valence-electron chi connectivity index (χ2n) is 5.69. The molecule has 1 aliphatic rings. The fraction of sp³-hybridized carbons (Fsp3) is 0.118. The van der Waals surface area contributed by atoms with E-state index in [1.807, 2.05) is 12.1 Å². The lowest BCUT2D eigenvalue weighted by Gasteiger charge is -2.17. The summed E-state index contributed by atoms with van der Waals surface area (Å²) >= 11 is 17.8. The third kappa shape index (κ3) is 2.80. The van der Waals surface area contributed by atoms with E-state index >= 15 is 0 Å². The van der Waals surface area contributed by atoms with Crippen molar-refractivity contribution < 1.29 is 0 Å². The van der Waals surface area contributed by atoms with Crippen LogP contribution in [0.25, 0.3) is 5.69 Å². The van der Waals surface area contributed by atoms with Crippen LogP contribution in [0.1, 0.15) is 0 Å². The van der Waals surface area contributed by atoms with Crippen molar-refractivity contribution in [1.29, 1.82) is 0 Å². The zero-order valence-electron chi connectivity index (χ0n) is 13.2. The summed E-state index contributed by atoms with van der Waals surface area (Å²) in [6.07, 6.45) is 0. The zero-order chi connectivity index (χ0) is 18.4. The molecule has 0 unspecified atom stereocenters. The molecule has 0 amide bonds. The molecule has 4 rings (SSSR count). The minimum Gasteiger partial charge on any atom is -0.310 e. The number of hydrogen-bond donors (Lipinski definition) is 0. The van der Waals surface area contributed by atoms with Gasteiger partial charge in [-0.25, -0.2) is 14.2 Å². The van der Waals surface area contributed by atoms with Gasteiger partial charge in [-0.2, -0.15) is 4.98 Å². The van der Waals surface area contributed by atoms with Gasteiger partial charge in [0.05, 0.1) is 15.7 Å². The van der Waals surface area contributed by atoms with Gasteiger partial charge in [0.2, 0.25) is 5.95 Å². The van der Waals surface area contributed by atoms with Gasteiger partial charge in [0.1, 0.15) is 0 Å². The number of aromatic nitrogens is 3. The van der Waals surface area contributed by atoms with E-state index in [4.69, 9.17) is 34.8 Å². The lowest BCUT2D eigenvalue weighted by Crippen LogP contribution is -2.40. The second-order valence-corrected chi connectivity index (χ2v) is 6.94. The molecule has 3 aromatic rings. The highest BCUT2D eigenvalue weighted by Gasteiger charge is 2.26. The molecule has 1 aromatic heterocycles. The van der Waals surface area contributed by atoms with Crippen LogP contribution in [0.4, 0.5) is 11.6 Å². The van der Waals surface area contributed by atoms with Gasteiger partial charge in [-0.05, 0) is 42.5 Å². The molecular formula is C17H11Cl3N4O2. The summed E-state index contributed by atoms with van der Waals surface area (Å²) in [5.74, 6) is 0.304. The van der Waals surface area contributed by atoms with E-state index in [-0.39, 0.29) is 5.02 Å². The molecule has 2 aromatic carbocycles. The van der Waals surface area contributed by atoms with Gasteiger partial charge in [-0.3, -0.25) is 4.57 Å². The minimum absolute atomic E-state index is 0.253. The Labute approximate surface area is 162 Å². The maximum absolute atomic E-state index is 12.9. The average molecular weight is 410 g/mol. The highest BCUT2D eigenvalue weighted by Crippen LogP contribution is 2.28. The summed E-state index contributed by atoms with van der Waals surface area (Å²) in [6.45, 7) is 0.931. The van der Waals surface area contributed by atoms with Crippen molar-refractivity contribution >= 4 is 46.4 Å². The van der Waals surface area contributed by atoms with Crippen LogP contribution in [0.5, 0.6) is 0 Å². The van der Waals surface area contributed by atoms with Crippen molar-refractivity contribution in [3.63, 3.8) is 0 Å². The molecule has 0 bridgehead atoms. The van der Waals surface area contributed by atoms with Crippen LogP contribution in [0.3, 0.4) is 0 Å². The minimum atomic E-state index is -0.680. The maximum Gasteiger partial charge on any atom is 0.359 e. The summed E-state index contributed by atoms with van der Waals surface area (Å²) in [5, 5.41) is 1.20. The first-order valence-electron chi connectivity index (χ1n) is 7.68. The standard InChI is InChI=1S/C17H11Cl3N4O2/c18-10-1-3-11(4-2-10)22-7-8-23-15(22)21-16(25)24(17(23)26)12-5-6-13(19)14(20)9-12/h1-6,9H,7-8H2. The Balaban J connectivity index is 1.85. The van der Waals surface area contributed by atoms with Crippen LogP contribution in [0, 0.1) is 0 Å². The van der Waals surface area contributed by atoms with Crippen molar-refractivity contribution in [2.75, 3.05) is 11.4 Å².